The van der Waals surface area contributed by atoms with Crippen molar-refractivity contribution in [2.45, 2.75) is 46.4 Å². The molecular formula is C17H26N4O2. The molecule has 0 aliphatic carbocycles. The summed E-state index contributed by atoms with van der Waals surface area (Å²) in [7, 11) is 0. The van der Waals surface area contributed by atoms with Crippen LogP contribution >= 0.6 is 0 Å². The summed E-state index contributed by atoms with van der Waals surface area (Å²) in [5.41, 5.74) is 2.04. The molecule has 0 spiro atoms. The van der Waals surface area contributed by atoms with E-state index in [9.17, 15) is 9.90 Å². The highest BCUT2D eigenvalue weighted by Gasteiger charge is 2.18. The van der Waals surface area contributed by atoms with Crippen LogP contribution in [0.2, 0.25) is 0 Å². The summed E-state index contributed by atoms with van der Waals surface area (Å²) in [4.78, 5) is 18.4. The Labute approximate surface area is 137 Å². The van der Waals surface area contributed by atoms with E-state index in [0.717, 1.165) is 16.9 Å². The van der Waals surface area contributed by atoms with Crippen molar-refractivity contribution in [2.24, 2.45) is 0 Å². The Balaban J connectivity index is 1.98. The normalized spacial score (nSPS) is 12.6. The first-order chi connectivity index (χ1) is 10.9. The summed E-state index contributed by atoms with van der Waals surface area (Å²) in [5.74, 6) is 0.935. The van der Waals surface area contributed by atoms with Crippen LogP contribution in [0.25, 0.3) is 11.0 Å². The number of imidazole rings is 1. The first-order valence-corrected chi connectivity index (χ1v) is 8.04. The molecule has 2 rings (SSSR count). The monoisotopic (exact) mass is 318 g/mol. The Morgan fingerprint density at radius 2 is 2.04 bits per heavy atom. The highest BCUT2D eigenvalue weighted by molar-refractivity contribution is 5.76. The van der Waals surface area contributed by atoms with Gasteiger partial charge in [-0.05, 0) is 39.8 Å². The van der Waals surface area contributed by atoms with Crippen molar-refractivity contribution in [3.05, 3.63) is 30.1 Å². The lowest BCUT2D eigenvalue weighted by molar-refractivity contribution is 0.119. The molecule has 2 amide bonds. The number of amides is 2. The van der Waals surface area contributed by atoms with Crippen LogP contribution in [0.15, 0.2) is 24.3 Å². The third-order valence-electron chi connectivity index (χ3n) is 3.80. The number of aliphatic hydroxyl groups excluding tert-OH is 1. The lowest BCUT2D eigenvalue weighted by Gasteiger charge is -2.28. The summed E-state index contributed by atoms with van der Waals surface area (Å²) in [6.07, 6.45) is -0.539. The molecule has 1 atom stereocenters. The van der Waals surface area contributed by atoms with Gasteiger partial charge >= 0.3 is 6.03 Å². The number of aliphatic hydroxyl groups is 1. The molecule has 0 saturated carbocycles. The number of fused-ring (bicyclic) bond motifs is 1. The lowest BCUT2D eigenvalue weighted by atomic mass is 10.3. The Kier molecular flexibility index (Phi) is 5.60. The predicted octanol–water partition coefficient (Wildman–Crippen LogP) is 2.15. The van der Waals surface area contributed by atoms with Gasteiger partial charge in [0.1, 0.15) is 5.82 Å². The van der Waals surface area contributed by atoms with E-state index < -0.39 is 6.10 Å². The Morgan fingerprint density at radius 3 is 2.70 bits per heavy atom. The Hall–Kier alpha value is -2.08. The van der Waals surface area contributed by atoms with Crippen molar-refractivity contribution in [1.29, 1.82) is 0 Å². The van der Waals surface area contributed by atoms with Crippen molar-refractivity contribution in [3.63, 3.8) is 0 Å². The molecule has 0 saturated heterocycles. The van der Waals surface area contributed by atoms with Gasteiger partial charge in [0, 0.05) is 25.7 Å². The molecule has 1 unspecified atom stereocenters. The van der Waals surface area contributed by atoms with Gasteiger partial charge in [-0.25, -0.2) is 9.78 Å². The SMILES string of the molecule is Cc1nc2ccccc2n1CCNC(=O)N(CC(C)O)C(C)C. The van der Waals surface area contributed by atoms with Gasteiger partial charge < -0.3 is 19.9 Å². The molecule has 2 N–H and O–H groups in total. The minimum Gasteiger partial charge on any atom is -0.392 e. The number of hydrogen-bond acceptors (Lipinski definition) is 3. The van der Waals surface area contributed by atoms with Crippen LogP contribution in [0.3, 0.4) is 0 Å². The minimum atomic E-state index is -0.539. The van der Waals surface area contributed by atoms with Gasteiger partial charge in [0.05, 0.1) is 17.1 Å². The Bertz CT molecular complexity index is 664. The van der Waals surface area contributed by atoms with E-state index >= 15 is 0 Å². The molecule has 6 heteroatoms. The second-order valence-corrected chi connectivity index (χ2v) is 6.13. The van der Waals surface area contributed by atoms with Gasteiger partial charge in [0.2, 0.25) is 0 Å². The third kappa shape index (κ3) is 4.22. The fourth-order valence-corrected chi connectivity index (χ4v) is 2.67. The van der Waals surface area contributed by atoms with Gasteiger partial charge in [-0.2, -0.15) is 0 Å². The van der Waals surface area contributed by atoms with Crippen molar-refractivity contribution in [3.8, 4) is 0 Å². The molecule has 6 nitrogen and oxygen atoms in total. The molecule has 23 heavy (non-hydrogen) atoms. The minimum absolute atomic E-state index is 0.0420. The van der Waals surface area contributed by atoms with Crippen molar-refractivity contribution in [2.75, 3.05) is 13.1 Å². The lowest BCUT2D eigenvalue weighted by Crippen LogP contribution is -2.47. The fraction of sp³-hybridized carbons (Fsp3) is 0.529. The number of rotatable bonds is 6. The molecule has 1 aromatic heterocycles. The van der Waals surface area contributed by atoms with Crippen LogP contribution in [0.1, 0.15) is 26.6 Å². The maximum absolute atomic E-state index is 12.3. The number of para-hydroxylation sites is 2. The molecule has 126 valence electrons. The van der Waals surface area contributed by atoms with Gasteiger partial charge in [0.15, 0.2) is 0 Å². The molecule has 0 bridgehead atoms. The number of nitrogens with one attached hydrogen (secondary N) is 1. The van der Waals surface area contributed by atoms with E-state index in [4.69, 9.17) is 0 Å². The number of aryl methyl sites for hydroxylation is 1. The molecule has 2 aromatic rings. The average molecular weight is 318 g/mol. The first-order valence-electron chi connectivity index (χ1n) is 8.04. The van der Waals surface area contributed by atoms with Crippen LogP contribution in [-0.4, -0.2) is 50.8 Å². The topological polar surface area (TPSA) is 70.4 Å². The molecule has 0 aliphatic rings. The number of carbonyl (C=O) groups excluding carboxylic acids is 1. The number of aromatic nitrogens is 2. The van der Waals surface area contributed by atoms with Crippen LogP contribution in [0.5, 0.6) is 0 Å². The smallest absolute Gasteiger partial charge is 0.317 e. The summed E-state index contributed by atoms with van der Waals surface area (Å²) in [6.45, 7) is 9.04. The number of benzene rings is 1. The van der Waals surface area contributed by atoms with Crippen LogP contribution in [0, 0.1) is 6.92 Å². The largest absolute Gasteiger partial charge is 0.392 e. The first kappa shape index (κ1) is 17.3. The highest BCUT2D eigenvalue weighted by Crippen LogP contribution is 2.14. The van der Waals surface area contributed by atoms with Gasteiger partial charge in [-0.1, -0.05) is 12.1 Å². The fourth-order valence-electron chi connectivity index (χ4n) is 2.67. The standard InChI is InChI=1S/C17H26N4O2/c1-12(2)21(11-13(3)22)17(23)18-9-10-20-14(4)19-15-7-5-6-8-16(15)20/h5-8,12-13,22H,9-11H2,1-4H3,(H,18,23). The molecule has 0 aliphatic heterocycles. The second kappa shape index (κ2) is 7.46. The predicted molar refractivity (Wildman–Crippen MR) is 91.4 cm³/mol. The van der Waals surface area contributed by atoms with E-state index in [-0.39, 0.29) is 12.1 Å². The Morgan fingerprint density at radius 1 is 1.35 bits per heavy atom. The zero-order chi connectivity index (χ0) is 17.0. The van der Waals surface area contributed by atoms with Crippen molar-refractivity contribution in [1.82, 2.24) is 19.8 Å². The van der Waals surface area contributed by atoms with Crippen LogP contribution in [-0.2, 0) is 6.54 Å². The number of urea groups is 1. The number of carbonyl (C=O) groups is 1. The summed E-state index contributed by atoms with van der Waals surface area (Å²) < 4.78 is 2.10. The number of nitrogens with zero attached hydrogens (tertiary/aromatic N) is 3. The van der Waals surface area contributed by atoms with Crippen LogP contribution in [0.4, 0.5) is 4.79 Å². The maximum atomic E-state index is 12.3. The van der Waals surface area contributed by atoms with E-state index in [0.29, 0.717) is 19.6 Å². The van der Waals surface area contributed by atoms with Gasteiger partial charge in [-0.15, -0.1) is 0 Å². The van der Waals surface area contributed by atoms with E-state index in [2.05, 4.69) is 14.9 Å². The molecule has 1 aromatic carbocycles. The quantitative estimate of drug-likeness (QED) is 0.857. The zero-order valence-corrected chi connectivity index (χ0v) is 14.3. The second-order valence-electron chi connectivity index (χ2n) is 6.13. The zero-order valence-electron chi connectivity index (χ0n) is 14.3. The van der Waals surface area contributed by atoms with Crippen molar-refractivity contribution >= 4 is 17.1 Å². The van der Waals surface area contributed by atoms with E-state index in [1.165, 1.54) is 0 Å². The van der Waals surface area contributed by atoms with E-state index in [1.807, 2.05) is 45.0 Å². The summed E-state index contributed by atoms with van der Waals surface area (Å²) in [6, 6.07) is 7.87. The van der Waals surface area contributed by atoms with Crippen LogP contribution < -0.4 is 5.32 Å². The number of hydrogen-bond donors (Lipinski definition) is 2. The third-order valence-corrected chi connectivity index (χ3v) is 3.80. The highest BCUT2D eigenvalue weighted by atomic mass is 16.3. The summed E-state index contributed by atoms with van der Waals surface area (Å²) >= 11 is 0. The summed E-state index contributed by atoms with van der Waals surface area (Å²) in [5, 5.41) is 12.4. The van der Waals surface area contributed by atoms with Crippen molar-refractivity contribution < 1.29 is 9.90 Å². The molecule has 0 radical (unpaired) electrons. The van der Waals surface area contributed by atoms with E-state index in [1.54, 1.807) is 11.8 Å². The molecular weight excluding hydrogens is 292 g/mol. The van der Waals surface area contributed by atoms with Gasteiger partial charge in [0.25, 0.3) is 0 Å². The average Bonchev–Trinajstić information content (AvgIpc) is 2.80. The maximum Gasteiger partial charge on any atom is 0.317 e. The molecule has 0 fully saturated rings. The van der Waals surface area contributed by atoms with Gasteiger partial charge in [-0.3, -0.25) is 0 Å². The molecule has 1 heterocycles.